The van der Waals surface area contributed by atoms with Crippen LogP contribution in [-0.4, -0.2) is 42.6 Å². The van der Waals surface area contributed by atoms with E-state index in [9.17, 15) is 9.59 Å². The van der Waals surface area contributed by atoms with Gasteiger partial charge in [-0.05, 0) is 43.7 Å². The zero-order valence-corrected chi connectivity index (χ0v) is 12.7. The van der Waals surface area contributed by atoms with Crippen LogP contribution in [0.3, 0.4) is 0 Å². The van der Waals surface area contributed by atoms with Gasteiger partial charge in [0.05, 0.1) is 11.5 Å². The molecule has 110 valence electrons. The van der Waals surface area contributed by atoms with Crippen molar-refractivity contribution in [2.45, 2.75) is 32.7 Å². The van der Waals surface area contributed by atoms with Crippen LogP contribution >= 0.6 is 11.3 Å². The molecule has 1 fully saturated rings. The number of piperidine rings is 1. The lowest BCUT2D eigenvalue weighted by molar-refractivity contribution is 0.0862. The summed E-state index contributed by atoms with van der Waals surface area (Å²) in [7, 11) is 0. The molecule has 1 saturated heterocycles. The van der Waals surface area contributed by atoms with Gasteiger partial charge in [-0.1, -0.05) is 0 Å². The van der Waals surface area contributed by atoms with E-state index < -0.39 is 0 Å². The zero-order chi connectivity index (χ0) is 14.5. The predicted octanol–water partition coefficient (Wildman–Crippen LogP) is 2.41. The molecule has 0 spiro atoms. The highest BCUT2D eigenvalue weighted by molar-refractivity contribution is 7.12. The van der Waals surface area contributed by atoms with Crippen molar-refractivity contribution in [1.82, 2.24) is 10.2 Å². The molecule has 6 heteroatoms. The van der Waals surface area contributed by atoms with Crippen LogP contribution in [0.15, 0.2) is 11.4 Å². The fourth-order valence-corrected chi connectivity index (χ4v) is 3.03. The molecule has 0 bridgehead atoms. The molecule has 20 heavy (non-hydrogen) atoms. The van der Waals surface area contributed by atoms with E-state index in [2.05, 4.69) is 5.32 Å². The topological polar surface area (TPSA) is 58.6 Å². The quantitative estimate of drug-likeness (QED) is 0.932. The second-order valence-electron chi connectivity index (χ2n) is 4.92. The lowest BCUT2D eigenvalue weighted by Crippen LogP contribution is -2.46. The summed E-state index contributed by atoms with van der Waals surface area (Å²) in [4.78, 5) is 26.0. The molecule has 0 atom stereocenters. The van der Waals surface area contributed by atoms with Gasteiger partial charge < -0.3 is 15.0 Å². The van der Waals surface area contributed by atoms with Crippen LogP contribution in [0.25, 0.3) is 0 Å². The van der Waals surface area contributed by atoms with Crippen molar-refractivity contribution in [3.8, 4) is 0 Å². The number of thiophene rings is 1. The van der Waals surface area contributed by atoms with Crippen molar-refractivity contribution in [1.29, 1.82) is 0 Å². The summed E-state index contributed by atoms with van der Waals surface area (Å²) in [6.07, 6.45) is 1.29. The van der Waals surface area contributed by atoms with Crippen LogP contribution in [0, 0.1) is 6.92 Å². The average Bonchev–Trinajstić information content (AvgIpc) is 2.86. The van der Waals surface area contributed by atoms with E-state index in [0.29, 0.717) is 19.7 Å². The summed E-state index contributed by atoms with van der Waals surface area (Å²) in [5.41, 5.74) is 1.11. The van der Waals surface area contributed by atoms with Crippen LogP contribution in [0.2, 0.25) is 0 Å². The molecule has 2 amide bonds. The van der Waals surface area contributed by atoms with Gasteiger partial charge in [-0.2, -0.15) is 0 Å². The highest BCUT2D eigenvalue weighted by Crippen LogP contribution is 2.16. The minimum absolute atomic E-state index is 0.0160. The summed E-state index contributed by atoms with van der Waals surface area (Å²) in [6, 6.07) is 2.03. The number of hydrogen-bond acceptors (Lipinski definition) is 4. The van der Waals surface area contributed by atoms with E-state index in [1.54, 1.807) is 11.8 Å². The number of carbonyl (C=O) groups is 2. The molecule has 5 nitrogen and oxygen atoms in total. The SMILES string of the molecule is CCOC(=O)N1CCC(NC(=O)c2cc(C)cs2)CC1. The number of rotatable bonds is 3. The van der Waals surface area contributed by atoms with E-state index in [-0.39, 0.29) is 18.0 Å². The lowest BCUT2D eigenvalue weighted by atomic mass is 10.1. The third-order valence-corrected chi connectivity index (χ3v) is 4.36. The maximum absolute atomic E-state index is 12.0. The normalized spacial score (nSPS) is 16.0. The second-order valence-corrected chi connectivity index (χ2v) is 5.83. The van der Waals surface area contributed by atoms with Gasteiger partial charge in [0.2, 0.25) is 0 Å². The van der Waals surface area contributed by atoms with Gasteiger partial charge in [-0.25, -0.2) is 4.79 Å². The summed E-state index contributed by atoms with van der Waals surface area (Å²) in [5, 5.41) is 5.00. The average molecular weight is 296 g/mol. The van der Waals surface area contributed by atoms with Crippen LogP contribution in [-0.2, 0) is 4.74 Å². The maximum Gasteiger partial charge on any atom is 0.409 e. The van der Waals surface area contributed by atoms with Gasteiger partial charge in [0.25, 0.3) is 5.91 Å². The number of carbonyl (C=O) groups excluding carboxylic acids is 2. The van der Waals surface area contributed by atoms with Gasteiger partial charge in [-0.15, -0.1) is 11.3 Å². The second kappa shape index (κ2) is 6.74. The Morgan fingerprint density at radius 3 is 2.70 bits per heavy atom. The van der Waals surface area contributed by atoms with E-state index in [0.717, 1.165) is 23.3 Å². The Labute approximate surface area is 122 Å². The molecule has 1 aliphatic rings. The van der Waals surface area contributed by atoms with Crippen molar-refractivity contribution in [2.75, 3.05) is 19.7 Å². The van der Waals surface area contributed by atoms with E-state index in [1.165, 1.54) is 11.3 Å². The molecule has 1 aromatic heterocycles. The summed E-state index contributed by atoms with van der Waals surface area (Å²) < 4.78 is 4.97. The first-order chi connectivity index (χ1) is 9.60. The first-order valence-corrected chi connectivity index (χ1v) is 7.75. The Morgan fingerprint density at radius 1 is 1.45 bits per heavy atom. The Kier molecular flexibility index (Phi) is 5.00. The zero-order valence-electron chi connectivity index (χ0n) is 11.8. The molecule has 1 N–H and O–H groups in total. The van der Waals surface area contributed by atoms with Gasteiger partial charge >= 0.3 is 6.09 Å². The number of amides is 2. The van der Waals surface area contributed by atoms with Crippen molar-refractivity contribution in [2.24, 2.45) is 0 Å². The first-order valence-electron chi connectivity index (χ1n) is 6.88. The Bertz CT molecular complexity index is 479. The Balaban J connectivity index is 1.80. The number of aryl methyl sites for hydroxylation is 1. The Morgan fingerprint density at radius 2 is 2.15 bits per heavy atom. The number of hydrogen-bond donors (Lipinski definition) is 1. The van der Waals surface area contributed by atoms with Crippen molar-refractivity contribution < 1.29 is 14.3 Å². The fraction of sp³-hybridized carbons (Fsp3) is 0.571. The number of ether oxygens (including phenoxy) is 1. The molecular weight excluding hydrogens is 276 g/mol. The minimum atomic E-state index is -0.258. The van der Waals surface area contributed by atoms with E-state index >= 15 is 0 Å². The van der Waals surface area contributed by atoms with Crippen molar-refractivity contribution >= 4 is 23.3 Å². The van der Waals surface area contributed by atoms with Gasteiger partial charge in [0, 0.05) is 19.1 Å². The molecule has 1 aliphatic heterocycles. The highest BCUT2D eigenvalue weighted by atomic mass is 32.1. The number of likely N-dealkylation sites (tertiary alicyclic amines) is 1. The van der Waals surface area contributed by atoms with Gasteiger partial charge in [0.1, 0.15) is 0 Å². The lowest BCUT2D eigenvalue weighted by Gasteiger charge is -2.31. The molecule has 1 aromatic rings. The van der Waals surface area contributed by atoms with Crippen molar-refractivity contribution in [3.63, 3.8) is 0 Å². The molecule has 0 aliphatic carbocycles. The minimum Gasteiger partial charge on any atom is -0.450 e. The van der Waals surface area contributed by atoms with E-state index in [4.69, 9.17) is 4.74 Å². The van der Waals surface area contributed by atoms with Crippen LogP contribution in [0.5, 0.6) is 0 Å². The van der Waals surface area contributed by atoms with Gasteiger partial charge in [0.15, 0.2) is 0 Å². The van der Waals surface area contributed by atoms with E-state index in [1.807, 2.05) is 18.4 Å². The smallest absolute Gasteiger partial charge is 0.409 e. The summed E-state index contributed by atoms with van der Waals surface area (Å²) in [6.45, 7) is 5.44. The number of nitrogens with zero attached hydrogens (tertiary/aromatic N) is 1. The molecule has 0 unspecified atom stereocenters. The maximum atomic E-state index is 12.0. The standard InChI is InChI=1S/C14H20N2O3S/c1-3-19-14(18)16-6-4-11(5-7-16)15-13(17)12-8-10(2)9-20-12/h8-9,11H,3-7H2,1-2H3,(H,15,17). The number of nitrogens with one attached hydrogen (secondary N) is 1. The molecule has 2 rings (SSSR count). The van der Waals surface area contributed by atoms with Crippen LogP contribution in [0.1, 0.15) is 35.0 Å². The fourth-order valence-electron chi connectivity index (χ4n) is 2.23. The predicted molar refractivity (Wildman–Crippen MR) is 78.1 cm³/mol. The van der Waals surface area contributed by atoms with Gasteiger partial charge in [-0.3, -0.25) is 4.79 Å². The third-order valence-electron chi connectivity index (χ3n) is 3.31. The largest absolute Gasteiger partial charge is 0.450 e. The summed E-state index contributed by atoms with van der Waals surface area (Å²) >= 11 is 1.46. The van der Waals surface area contributed by atoms with Crippen LogP contribution in [0.4, 0.5) is 4.79 Å². The van der Waals surface area contributed by atoms with Crippen LogP contribution < -0.4 is 5.32 Å². The molecule has 2 heterocycles. The first kappa shape index (κ1) is 14.8. The Hall–Kier alpha value is -1.56. The molecule has 0 saturated carbocycles. The van der Waals surface area contributed by atoms with Crippen molar-refractivity contribution in [3.05, 3.63) is 21.9 Å². The third kappa shape index (κ3) is 3.72. The highest BCUT2D eigenvalue weighted by Gasteiger charge is 2.24. The molecule has 0 aromatic carbocycles. The molecular formula is C14H20N2O3S. The monoisotopic (exact) mass is 296 g/mol. The summed E-state index contributed by atoms with van der Waals surface area (Å²) in [5.74, 6) is -0.0160. The molecule has 0 radical (unpaired) electrons.